The lowest BCUT2D eigenvalue weighted by Crippen LogP contribution is -2.01. The van der Waals surface area contributed by atoms with Gasteiger partial charge >= 0.3 is 0 Å². The zero-order chi connectivity index (χ0) is 14.9. The van der Waals surface area contributed by atoms with E-state index in [0.717, 1.165) is 22.0 Å². The number of hydrogen-bond acceptors (Lipinski definition) is 7. The highest BCUT2D eigenvalue weighted by atomic mass is 16.5. The van der Waals surface area contributed by atoms with Gasteiger partial charge in [0.15, 0.2) is 0 Å². The van der Waals surface area contributed by atoms with Crippen LogP contribution in [-0.4, -0.2) is 27.9 Å². The van der Waals surface area contributed by atoms with Crippen molar-refractivity contribution in [2.75, 3.05) is 17.6 Å². The molecule has 0 bridgehead atoms. The Bertz CT molecular complexity index is 898. The topological polar surface area (TPSA) is 102 Å². The molecule has 4 rings (SSSR count). The van der Waals surface area contributed by atoms with Gasteiger partial charge in [0.2, 0.25) is 5.95 Å². The first kappa shape index (κ1) is 12.5. The standard InChI is InChI=1S/C15H12N6O/c16-15-20-13-5-9(10-3-4-17-6-10)1-2-12(13)14(21-15)19-11-7-18-22-8-11/h1-5,7-8H,6H2,(H3,16,19,20,21). The van der Waals surface area contributed by atoms with Crippen molar-refractivity contribution in [3.8, 4) is 0 Å². The van der Waals surface area contributed by atoms with Crippen LogP contribution in [0.15, 0.2) is 46.3 Å². The van der Waals surface area contributed by atoms with E-state index in [9.17, 15) is 0 Å². The summed E-state index contributed by atoms with van der Waals surface area (Å²) in [7, 11) is 0. The van der Waals surface area contributed by atoms with Crippen LogP contribution in [0.4, 0.5) is 17.5 Å². The van der Waals surface area contributed by atoms with Crippen LogP contribution >= 0.6 is 0 Å². The summed E-state index contributed by atoms with van der Waals surface area (Å²) in [4.78, 5) is 12.8. The molecule has 0 unspecified atom stereocenters. The van der Waals surface area contributed by atoms with Crippen LogP contribution in [0.5, 0.6) is 0 Å². The van der Waals surface area contributed by atoms with Crippen molar-refractivity contribution in [2.24, 2.45) is 4.99 Å². The largest absolute Gasteiger partial charge is 0.368 e. The highest BCUT2D eigenvalue weighted by Crippen LogP contribution is 2.28. The molecule has 0 saturated heterocycles. The van der Waals surface area contributed by atoms with Gasteiger partial charge in [0.25, 0.3) is 0 Å². The number of allylic oxidation sites excluding steroid dienone is 1. The molecule has 1 aliphatic heterocycles. The summed E-state index contributed by atoms with van der Waals surface area (Å²) >= 11 is 0. The fraction of sp³-hybridized carbons (Fsp3) is 0.0667. The van der Waals surface area contributed by atoms with Crippen molar-refractivity contribution in [1.29, 1.82) is 0 Å². The number of nitrogens with two attached hydrogens (primary N) is 1. The second-order valence-corrected chi connectivity index (χ2v) is 4.88. The molecule has 7 heteroatoms. The molecule has 108 valence electrons. The molecule has 3 heterocycles. The first-order chi connectivity index (χ1) is 10.8. The molecule has 1 aromatic carbocycles. The van der Waals surface area contributed by atoms with Crippen LogP contribution in [0.25, 0.3) is 16.5 Å². The van der Waals surface area contributed by atoms with Gasteiger partial charge in [-0.15, -0.1) is 0 Å². The van der Waals surface area contributed by atoms with E-state index in [1.807, 2.05) is 30.5 Å². The lowest BCUT2D eigenvalue weighted by Gasteiger charge is -2.09. The predicted molar refractivity (Wildman–Crippen MR) is 85.1 cm³/mol. The van der Waals surface area contributed by atoms with Gasteiger partial charge in [-0.2, -0.15) is 4.98 Å². The van der Waals surface area contributed by atoms with Crippen molar-refractivity contribution < 1.29 is 4.52 Å². The highest BCUT2D eigenvalue weighted by molar-refractivity contribution is 5.96. The number of aromatic nitrogens is 3. The van der Waals surface area contributed by atoms with E-state index in [4.69, 9.17) is 10.3 Å². The molecule has 0 saturated carbocycles. The van der Waals surface area contributed by atoms with E-state index < -0.39 is 0 Å². The summed E-state index contributed by atoms with van der Waals surface area (Å²) in [5, 5.41) is 7.66. The smallest absolute Gasteiger partial charge is 0.222 e. The van der Waals surface area contributed by atoms with Crippen LogP contribution < -0.4 is 11.1 Å². The van der Waals surface area contributed by atoms with Crippen molar-refractivity contribution in [1.82, 2.24) is 15.1 Å². The zero-order valence-corrected chi connectivity index (χ0v) is 11.5. The predicted octanol–water partition coefficient (Wildman–Crippen LogP) is 2.41. The molecule has 0 fully saturated rings. The SMILES string of the molecule is Nc1nc(Nc2cnoc2)c2ccc(C3=CC=NC3)cc2n1. The van der Waals surface area contributed by atoms with Crippen molar-refractivity contribution >= 4 is 40.1 Å². The number of rotatable bonds is 3. The van der Waals surface area contributed by atoms with Gasteiger partial charge in [0.1, 0.15) is 17.8 Å². The van der Waals surface area contributed by atoms with Gasteiger partial charge in [-0.1, -0.05) is 11.2 Å². The molecule has 3 N–H and O–H groups in total. The van der Waals surface area contributed by atoms with Crippen LogP contribution in [0.2, 0.25) is 0 Å². The third-order valence-electron chi connectivity index (χ3n) is 3.42. The minimum atomic E-state index is 0.209. The Morgan fingerprint density at radius 3 is 2.95 bits per heavy atom. The molecule has 22 heavy (non-hydrogen) atoms. The lowest BCUT2D eigenvalue weighted by molar-refractivity contribution is 0.420. The molecule has 0 atom stereocenters. The minimum Gasteiger partial charge on any atom is -0.368 e. The lowest BCUT2D eigenvalue weighted by atomic mass is 10.0. The first-order valence-electron chi connectivity index (χ1n) is 6.72. The summed E-state index contributed by atoms with van der Waals surface area (Å²) < 4.78 is 4.81. The second kappa shape index (κ2) is 4.96. The van der Waals surface area contributed by atoms with Crippen molar-refractivity contribution in [3.05, 3.63) is 42.3 Å². The summed E-state index contributed by atoms with van der Waals surface area (Å²) in [5.41, 5.74) is 9.54. The Kier molecular flexibility index (Phi) is 2.82. The van der Waals surface area contributed by atoms with Gasteiger partial charge < -0.3 is 15.6 Å². The van der Waals surface area contributed by atoms with Gasteiger partial charge in [-0.3, -0.25) is 4.99 Å². The van der Waals surface area contributed by atoms with Gasteiger partial charge in [0.05, 0.1) is 18.3 Å². The number of aliphatic imine (C=N–C) groups is 1. The van der Waals surface area contributed by atoms with Crippen LogP contribution in [0, 0.1) is 0 Å². The Labute approximate surface area is 125 Å². The van der Waals surface area contributed by atoms with Gasteiger partial charge in [-0.25, -0.2) is 4.98 Å². The van der Waals surface area contributed by atoms with Crippen LogP contribution in [0.3, 0.4) is 0 Å². The average Bonchev–Trinajstić information content (AvgIpc) is 3.20. The third kappa shape index (κ3) is 2.18. The second-order valence-electron chi connectivity index (χ2n) is 4.88. The Morgan fingerprint density at radius 1 is 1.23 bits per heavy atom. The third-order valence-corrected chi connectivity index (χ3v) is 3.42. The van der Waals surface area contributed by atoms with Crippen LogP contribution in [0.1, 0.15) is 5.56 Å². The first-order valence-corrected chi connectivity index (χ1v) is 6.72. The van der Waals surface area contributed by atoms with Crippen molar-refractivity contribution in [3.63, 3.8) is 0 Å². The molecular formula is C15H12N6O. The minimum absolute atomic E-state index is 0.209. The van der Waals surface area contributed by atoms with E-state index in [-0.39, 0.29) is 5.95 Å². The molecule has 1 aliphatic rings. The fourth-order valence-corrected chi connectivity index (χ4v) is 2.38. The Morgan fingerprint density at radius 2 is 2.18 bits per heavy atom. The van der Waals surface area contributed by atoms with Crippen LogP contribution in [-0.2, 0) is 0 Å². The molecule has 0 amide bonds. The summed E-state index contributed by atoms with van der Waals surface area (Å²) in [6.07, 6.45) is 6.88. The van der Waals surface area contributed by atoms with Crippen molar-refractivity contribution in [2.45, 2.75) is 0 Å². The number of nitrogens with one attached hydrogen (secondary N) is 1. The molecule has 2 aromatic heterocycles. The maximum atomic E-state index is 5.82. The molecule has 7 nitrogen and oxygen atoms in total. The summed E-state index contributed by atoms with van der Waals surface area (Å²) in [6.45, 7) is 0.692. The van der Waals surface area contributed by atoms with Gasteiger partial charge in [0, 0.05) is 11.6 Å². The average molecular weight is 292 g/mol. The molecule has 3 aromatic rings. The maximum absolute atomic E-state index is 5.82. The molecule has 0 spiro atoms. The maximum Gasteiger partial charge on any atom is 0.222 e. The van der Waals surface area contributed by atoms with E-state index >= 15 is 0 Å². The number of hydrogen-bond donors (Lipinski definition) is 2. The summed E-state index contributed by atoms with van der Waals surface area (Å²) in [6, 6.07) is 5.99. The Hall–Kier alpha value is -3.22. The Balaban J connectivity index is 1.80. The highest BCUT2D eigenvalue weighted by Gasteiger charge is 2.11. The normalized spacial score (nSPS) is 13.5. The molecule has 0 aliphatic carbocycles. The fourth-order valence-electron chi connectivity index (χ4n) is 2.38. The summed E-state index contributed by atoms with van der Waals surface area (Å²) in [5.74, 6) is 0.828. The zero-order valence-electron chi connectivity index (χ0n) is 11.5. The monoisotopic (exact) mass is 292 g/mol. The molecule has 0 radical (unpaired) electrons. The van der Waals surface area contributed by atoms with E-state index in [1.165, 1.54) is 6.26 Å². The number of anilines is 3. The quantitative estimate of drug-likeness (QED) is 0.768. The number of fused-ring (bicyclic) bond motifs is 1. The van der Waals surface area contributed by atoms with E-state index in [2.05, 4.69) is 25.4 Å². The van der Waals surface area contributed by atoms with Gasteiger partial charge in [-0.05, 0) is 29.3 Å². The molecular weight excluding hydrogens is 280 g/mol. The number of nitrogens with zero attached hydrogens (tertiary/aromatic N) is 4. The van der Waals surface area contributed by atoms with E-state index in [0.29, 0.717) is 18.1 Å². The number of benzene rings is 1. The van der Waals surface area contributed by atoms with E-state index in [1.54, 1.807) is 6.20 Å². The number of nitrogen functional groups attached to an aromatic ring is 1.